The summed E-state index contributed by atoms with van der Waals surface area (Å²) in [5.41, 5.74) is 9.03. The Morgan fingerprint density at radius 3 is 2.65 bits per heavy atom. The Morgan fingerprint density at radius 1 is 1.18 bits per heavy atom. The number of halogens is 2. The van der Waals surface area contributed by atoms with Crippen LogP contribution in [0.25, 0.3) is 0 Å². The van der Waals surface area contributed by atoms with E-state index in [1.165, 1.54) is 6.07 Å². The van der Waals surface area contributed by atoms with E-state index in [1.807, 2.05) is 25.1 Å². The van der Waals surface area contributed by atoms with Crippen LogP contribution in [0.15, 0.2) is 40.9 Å². The van der Waals surface area contributed by atoms with Crippen LogP contribution in [0, 0.1) is 12.7 Å². The maximum absolute atomic E-state index is 13.3. The lowest BCUT2D eigenvalue weighted by Crippen LogP contribution is -1.97. The van der Waals surface area contributed by atoms with E-state index in [0.717, 1.165) is 11.3 Å². The van der Waals surface area contributed by atoms with Gasteiger partial charge >= 0.3 is 0 Å². The van der Waals surface area contributed by atoms with Crippen molar-refractivity contribution in [2.75, 3.05) is 11.1 Å². The fraction of sp³-hybridized carbons (Fsp3) is 0.0769. The van der Waals surface area contributed by atoms with E-state index in [4.69, 9.17) is 5.73 Å². The molecule has 0 aromatic heterocycles. The average Bonchev–Trinajstić information content (AvgIpc) is 2.29. The van der Waals surface area contributed by atoms with Gasteiger partial charge < -0.3 is 11.1 Å². The molecule has 0 saturated carbocycles. The van der Waals surface area contributed by atoms with Crippen LogP contribution in [0.3, 0.4) is 0 Å². The molecule has 2 nitrogen and oxygen atoms in total. The van der Waals surface area contributed by atoms with Gasteiger partial charge in [0.15, 0.2) is 0 Å². The van der Waals surface area contributed by atoms with E-state index < -0.39 is 0 Å². The Hall–Kier alpha value is -1.55. The molecule has 17 heavy (non-hydrogen) atoms. The summed E-state index contributed by atoms with van der Waals surface area (Å²) in [5, 5.41) is 3.10. The molecule has 0 aliphatic heterocycles. The average molecular weight is 295 g/mol. The lowest BCUT2D eigenvalue weighted by atomic mass is 10.2. The first-order chi connectivity index (χ1) is 8.06. The topological polar surface area (TPSA) is 38.0 Å². The van der Waals surface area contributed by atoms with E-state index in [-0.39, 0.29) is 5.82 Å². The molecule has 0 aliphatic rings. The number of aryl methyl sites for hydroxylation is 1. The Labute approximate surface area is 108 Å². The SMILES string of the molecule is Cc1ccc(N)c(Nc2ccc(Br)c(F)c2)c1. The summed E-state index contributed by atoms with van der Waals surface area (Å²) >= 11 is 3.11. The first-order valence-electron chi connectivity index (χ1n) is 5.14. The van der Waals surface area contributed by atoms with Crippen LogP contribution in [0.2, 0.25) is 0 Å². The molecule has 0 saturated heterocycles. The molecule has 0 spiro atoms. The molecule has 88 valence electrons. The lowest BCUT2D eigenvalue weighted by molar-refractivity contribution is 0.622. The minimum absolute atomic E-state index is 0.304. The van der Waals surface area contributed by atoms with Crippen LogP contribution >= 0.6 is 15.9 Å². The van der Waals surface area contributed by atoms with Crippen LogP contribution in [0.5, 0.6) is 0 Å². The molecule has 0 fully saturated rings. The number of nitrogens with one attached hydrogen (secondary N) is 1. The summed E-state index contributed by atoms with van der Waals surface area (Å²) in [6.45, 7) is 1.98. The Morgan fingerprint density at radius 2 is 1.94 bits per heavy atom. The Kier molecular flexibility index (Phi) is 3.33. The number of hydrogen-bond acceptors (Lipinski definition) is 2. The Bertz CT molecular complexity index is 555. The van der Waals surface area contributed by atoms with Crippen molar-refractivity contribution in [1.82, 2.24) is 0 Å². The van der Waals surface area contributed by atoms with Crippen LogP contribution in [-0.4, -0.2) is 0 Å². The van der Waals surface area contributed by atoms with Crippen molar-refractivity contribution in [2.24, 2.45) is 0 Å². The van der Waals surface area contributed by atoms with Crippen molar-refractivity contribution in [1.29, 1.82) is 0 Å². The highest BCUT2D eigenvalue weighted by atomic mass is 79.9. The number of anilines is 3. The molecular weight excluding hydrogens is 283 g/mol. The maximum Gasteiger partial charge on any atom is 0.139 e. The minimum Gasteiger partial charge on any atom is -0.397 e. The number of benzene rings is 2. The van der Waals surface area contributed by atoms with Gasteiger partial charge in [-0.25, -0.2) is 4.39 Å². The van der Waals surface area contributed by atoms with Crippen LogP contribution in [0.1, 0.15) is 5.56 Å². The van der Waals surface area contributed by atoms with Gasteiger partial charge in [-0.15, -0.1) is 0 Å². The quantitative estimate of drug-likeness (QED) is 0.814. The summed E-state index contributed by atoms with van der Waals surface area (Å²) < 4.78 is 13.8. The predicted molar refractivity (Wildman–Crippen MR) is 73.0 cm³/mol. The first kappa shape index (κ1) is 11.9. The van der Waals surface area contributed by atoms with Gasteiger partial charge in [-0.05, 0) is 58.7 Å². The molecule has 2 rings (SSSR count). The third kappa shape index (κ3) is 2.77. The highest BCUT2D eigenvalue weighted by Crippen LogP contribution is 2.26. The summed E-state index contributed by atoms with van der Waals surface area (Å²) in [4.78, 5) is 0. The third-order valence-corrected chi connectivity index (χ3v) is 3.05. The van der Waals surface area contributed by atoms with Gasteiger partial charge in [0.25, 0.3) is 0 Å². The van der Waals surface area contributed by atoms with Gasteiger partial charge in [0, 0.05) is 5.69 Å². The van der Waals surface area contributed by atoms with E-state index in [0.29, 0.717) is 15.8 Å². The van der Waals surface area contributed by atoms with Gasteiger partial charge in [-0.1, -0.05) is 6.07 Å². The van der Waals surface area contributed by atoms with Crippen molar-refractivity contribution < 1.29 is 4.39 Å². The van der Waals surface area contributed by atoms with Gasteiger partial charge in [0.2, 0.25) is 0 Å². The standard InChI is InChI=1S/C13H12BrFN2/c1-8-2-5-12(16)13(6-8)17-9-3-4-10(14)11(15)7-9/h2-7,17H,16H2,1H3. The highest BCUT2D eigenvalue weighted by molar-refractivity contribution is 9.10. The summed E-state index contributed by atoms with van der Waals surface area (Å²) in [7, 11) is 0. The van der Waals surface area contributed by atoms with Gasteiger partial charge in [0.1, 0.15) is 5.82 Å². The smallest absolute Gasteiger partial charge is 0.139 e. The monoisotopic (exact) mass is 294 g/mol. The third-order valence-electron chi connectivity index (χ3n) is 2.41. The van der Waals surface area contributed by atoms with Gasteiger partial charge in [-0.2, -0.15) is 0 Å². The van der Waals surface area contributed by atoms with E-state index in [1.54, 1.807) is 12.1 Å². The van der Waals surface area contributed by atoms with Crippen LogP contribution < -0.4 is 11.1 Å². The van der Waals surface area contributed by atoms with Crippen molar-refractivity contribution in [2.45, 2.75) is 6.92 Å². The second kappa shape index (κ2) is 4.75. The largest absolute Gasteiger partial charge is 0.397 e. The number of hydrogen-bond donors (Lipinski definition) is 2. The second-order valence-electron chi connectivity index (χ2n) is 3.84. The van der Waals surface area contributed by atoms with E-state index >= 15 is 0 Å². The zero-order valence-corrected chi connectivity index (χ0v) is 10.9. The molecule has 0 radical (unpaired) electrons. The molecule has 0 bridgehead atoms. The molecule has 0 unspecified atom stereocenters. The molecular formula is C13H12BrFN2. The first-order valence-corrected chi connectivity index (χ1v) is 5.94. The van der Waals surface area contributed by atoms with Crippen molar-refractivity contribution in [3.8, 4) is 0 Å². The summed E-state index contributed by atoms with van der Waals surface area (Å²) in [6, 6.07) is 10.6. The molecule has 0 aliphatic carbocycles. The minimum atomic E-state index is -0.304. The van der Waals surface area contributed by atoms with Crippen LogP contribution in [0.4, 0.5) is 21.5 Å². The fourth-order valence-electron chi connectivity index (χ4n) is 1.51. The van der Waals surface area contributed by atoms with E-state index in [2.05, 4.69) is 21.2 Å². The highest BCUT2D eigenvalue weighted by Gasteiger charge is 2.03. The zero-order valence-electron chi connectivity index (χ0n) is 9.30. The van der Waals surface area contributed by atoms with Gasteiger partial charge in [0.05, 0.1) is 15.8 Å². The van der Waals surface area contributed by atoms with E-state index in [9.17, 15) is 4.39 Å². The molecule has 0 amide bonds. The lowest BCUT2D eigenvalue weighted by Gasteiger charge is -2.10. The van der Waals surface area contributed by atoms with Gasteiger partial charge in [-0.3, -0.25) is 0 Å². The predicted octanol–water partition coefficient (Wildman–Crippen LogP) is 4.22. The number of rotatable bonds is 2. The van der Waals surface area contributed by atoms with Crippen LogP contribution in [-0.2, 0) is 0 Å². The van der Waals surface area contributed by atoms with Crippen molar-refractivity contribution in [3.05, 3.63) is 52.3 Å². The number of nitrogen functional groups attached to an aromatic ring is 1. The summed E-state index contributed by atoms with van der Waals surface area (Å²) in [5.74, 6) is -0.304. The van der Waals surface area contributed by atoms with Crippen molar-refractivity contribution >= 4 is 33.0 Å². The molecule has 3 N–H and O–H groups in total. The fourth-order valence-corrected chi connectivity index (χ4v) is 1.75. The normalized spacial score (nSPS) is 10.3. The Balaban J connectivity index is 2.31. The van der Waals surface area contributed by atoms with Crippen molar-refractivity contribution in [3.63, 3.8) is 0 Å². The molecule has 0 heterocycles. The molecule has 2 aromatic rings. The summed E-state index contributed by atoms with van der Waals surface area (Å²) in [6.07, 6.45) is 0. The maximum atomic E-state index is 13.3. The molecule has 2 aromatic carbocycles. The second-order valence-corrected chi connectivity index (χ2v) is 4.70. The zero-order chi connectivity index (χ0) is 12.4. The number of nitrogens with two attached hydrogens (primary N) is 1. The molecule has 4 heteroatoms. The molecule has 0 atom stereocenters.